The van der Waals surface area contributed by atoms with Gasteiger partial charge in [-0.2, -0.15) is 5.10 Å². The molecule has 1 aromatic carbocycles. The van der Waals surface area contributed by atoms with Gasteiger partial charge in [0.25, 0.3) is 0 Å². The van der Waals surface area contributed by atoms with Crippen LogP contribution in [0.3, 0.4) is 0 Å². The van der Waals surface area contributed by atoms with Crippen LogP contribution < -0.4 is 10.7 Å². The van der Waals surface area contributed by atoms with E-state index in [4.69, 9.17) is 0 Å². The number of anilines is 2. The fourth-order valence-electron chi connectivity index (χ4n) is 1.48. The van der Waals surface area contributed by atoms with E-state index in [1.54, 1.807) is 0 Å². The maximum Gasteiger partial charge on any atom is 0.222 e. The topological polar surface area (TPSA) is 120 Å². The Labute approximate surface area is 120 Å². The summed E-state index contributed by atoms with van der Waals surface area (Å²) in [6.07, 6.45) is 2.65. The first kappa shape index (κ1) is 14.3. The summed E-state index contributed by atoms with van der Waals surface area (Å²) in [6, 6.07) is 5.66. The summed E-state index contributed by atoms with van der Waals surface area (Å²) in [7, 11) is 0. The number of hydrogen-bond donors (Lipinski definition) is 4. The van der Waals surface area contributed by atoms with Gasteiger partial charge in [0.15, 0.2) is 5.82 Å². The smallest absolute Gasteiger partial charge is 0.222 e. The van der Waals surface area contributed by atoms with E-state index in [-0.39, 0.29) is 17.4 Å². The first-order valence-corrected chi connectivity index (χ1v) is 5.95. The Bertz CT molecular complexity index is 687. The van der Waals surface area contributed by atoms with Crippen molar-refractivity contribution < 1.29 is 15.0 Å². The van der Waals surface area contributed by atoms with E-state index in [1.165, 1.54) is 43.7 Å². The molecule has 0 unspecified atom stereocenters. The van der Waals surface area contributed by atoms with E-state index in [0.29, 0.717) is 17.2 Å². The van der Waals surface area contributed by atoms with Crippen LogP contribution in [-0.2, 0) is 4.79 Å². The minimum atomic E-state index is -0.239. The number of carbonyl (C=O) groups is 1. The first-order chi connectivity index (χ1) is 10.0. The van der Waals surface area contributed by atoms with Crippen molar-refractivity contribution in [3.63, 3.8) is 0 Å². The lowest BCUT2D eigenvalue weighted by molar-refractivity contribution is -0.114. The summed E-state index contributed by atoms with van der Waals surface area (Å²) in [5.74, 6) is 0.360. The predicted molar refractivity (Wildman–Crippen MR) is 77.3 cm³/mol. The second-order valence-corrected chi connectivity index (χ2v) is 4.08. The third-order valence-electron chi connectivity index (χ3n) is 2.37. The lowest BCUT2D eigenvalue weighted by Crippen LogP contribution is -2.08. The fraction of sp³-hybridized carbons (Fsp3) is 0.0769. The van der Waals surface area contributed by atoms with Gasteiger partial charge >= 0.3 is 0 Å². The Morgan fingerprint density at radius 2 is 2.00 bits per heavy atom. The van der Waals surface area contributed by atoms with Crippen LogP contribution in [0.5, 0.6) is 11.5 Å². The number of aromatic nitrogens is 2. The SMILES string of the molecule is CC(=O)Nc1cc(NN=Cc2ccc(O)cc2O)ncn1. The molecule has 0 atom stereocenters. The van der Waals surface area contributed by atoms with Crippen molar-refractivity contribution in [2.45, 2.75) is 6.92 Å². The number of carbonyl (C=O) groups excluding carboxylic acids is 1. The van der Waals surface area contributed by atoms with Crippen molar-refractivity contribution in [1.82, 2.24) is 9.97 Å². The van der Waals surface area contributed by atoms with E-state index in [9.17, 15) is 15.0 Å². The van der Waals surface area contributed by atoms with Gasteiger partial charge in [-0.1, -0.05) is 0 Å². The maximum atomic E-state index is 10.9. The van der Waals surface area contributed by atoms with Gasteiger partial charge in [0, 0.05) is 24.6 Å². The van der Waals surface area contributed by atoms with Gasteiger partial charge in [0.1, 0.15) is 23.6 Å². The number of hydrazone groups is 1. The number of amides is 1. The number of nitrogens with one attached hydrogen (secondary N) is 2. The van der Waals surface area contributed by atoms with Crippen LogP contribution in [0.2, 0.25) is 0 Å². The number of hydrogen-bond acceptors (Lipinski definition) is 7. The monoisotopic (exact) mass is 287 g/mol. The molecule has 0 fully saturated rings. The van der Waals surface area contributed by atoms with Crippen LogP contribution >= 0.6 is 0 Å². The normalized spacial score (nSPS) is 10.5. The summed E-state index contributed by atoms with van der Waals surface area (Å²) in [5.41, 5.74) is 3.07. The molecule has 8 nitrogen and oxygen atoms in total. The van der Waals surface area contributed by atoms with Gasteiger partial charge in [-0.05, 0) is 12.1 Å². The Kier molecular flexibility index (Phi) is 4.30. The van der Waals surface area contributed by atoms with Gasteiger partial charge < -0.3 is 15.5 Å². The van der Waals surface area contributed by atoms with E-state index in [0.717, 1.165) is 0 Å². The Balaban J connectivity index is 2.05. The number of aromatic hydroxyl groups is 2. The third kappa shape index (κ3) is 4.16. The molecule has 1 heterocycles. The van der Waals surface area contributed by atoms with E-state index < -0.39 is 0 Å². The van der Waals surface area contributed by atoms with Crippen LogP contribution in [0.25, 0.3) is 0 Å². The second-order valence-electron chi connectivity index (χ2n) is 4.08. The Hall–Kier alpha value is -3.16. The molecule has 1 amide bonds. The van der Waals surface area contributed by atoms with Gasteiger partial charge in [0.2, 0.25) is 5.91 Å². The number of phenols is 2. The molecule has 2 rings (SSSR count). The zero-order chi connectivity index (χ0) is 15.2. The van der Waals surface area contributed by atoms with Crippen molar-refractivity contribution in [2.75, 3.05) is 10.7 Å². The highest BCUT2D eigenvalue weighted by molar-refractivity contribution is 5.88. The molecule has 0 saturated carbocycles. The highest BCUT2D eigenvalue weighted by atomic mass is 16.3. The zero-order valence-corrected chi connectivity index (χ0v) is 11.1. The largest absolute Gasteiger partial charge is 0.508 e. The molecule has 1 aromatic heterocycles. The van der Waals surface area contributed by atoms with Crippen molar-refractivity contribution in [3.05, 3.63) is 36.2 Å². The Morgan fingerprint density at radius 1 is 1.24 bits per heavy atom. The molecule has 21 heavy (non-hydrogen) atoms. The van der Waals surface area contributed by atoms with Crippen LogP contribution in [0.15, 0.2) is 35.7 Å². The minimum Gasteiger partial charge on any atom is -0.508 e. The third-order valence-corrected chi connectivity index (χ3v) is 2.37. The van der Waals surface area contributed by atoms with Crippen molar-refractivity contribution in [1.29, 1.82) is 0 Å². The van der Waals surface area contributed by atoms with Gasteiger partial charge in [-0.25, -0.2) is 9.97 Å². The molecule has 0 aliphatic rings. The highest BCUT2D eigenvalue weighted by Crippen LogP contribution is 2.20. The summed E-state index contributed by atoms with van der Waals surface area (Å²) in [6.45, 7) is 1.38. The highest BCUT2D eigenvalue weighted by Gasteiger charge is 2.01. The molecule has 4 N–H and O–H groups in total. The molecular formula is C13H13N5O3. The quantitative estimate of drug-likeness (QED) is 0.497. The molecule has 2 aromatic rings. The van der Waals surface area contributed by atoms with Crippen LogP contribution in [0, 0.1) is 0 Å². The number of rotatable bonds is 4. The molecule has 0 bridgehead atoms. The van der Waals surface area contributed by atoms with E-state index in [2.05, 4.69) is 25.8 Å². The standard InChI is InChI=1S/C13H13N5O3/c1-8(19)17-12-5-13(15-7-14-12)18-16-6-9-2-3-10(20)4-11(9)21/h2-7,20-21H,1H3,(H2,14,15,17,18,19). The molecule has 8 heteroatoms. The molecule has 0 radical (unpaired) electrons. The summed E-state index contributed by atoms with van der Waals surface area (Å²) in [4.78, 5) is 18.7. The van der Waals surface area contributed by atoms with Crippen molar-refractivity contribution >= 4 is 23.8 Å². The average Bonchev–Trinajstić information content (AvgIpc) is 2.41. The van der Waals surface area contributed by atoms with Gasteiger partial charge in [0.05, 0.1) is 6.21 Å². The number of nitrogens with zero attached hydrogens (tertiary/aromatic N) is 3. The lowest BCUT2D eigenvalue weighted by Gasteiger charge is -2.03. The number of phenolic OH excluding ortho intramolecular Hbond substituents is 2. The van der Waals surface area contributed by atoms with Crippen molar-refractivity contribution in [2.24, 2.45) is 5.10 Å². The molecular weight excluding hydrogens is 274 g/mol. The van der Waals surface area contributed by atoms with Crippen LogP contribution in [-0.4, -0.2) is 32.3 Å². The maximum absolute atomic E-state index is 10.9. The minimum absolute atomic E-state index is 0.0339. The van der Waals surface area contributed by atoms with E-state index >= 15 is 0 Å². The van der Waals surface area contributed by atoms with Gasteiger partial charge in [-0.3, -0.25) is 10.2 Å². The molecule has 108 valence electrons. The fourth-order valence-corrected chi connectivity index (χ4v) is 1.48. The van der Waals surface area contributed by atoms with E-state index in [1.807, 2.05) is 0 Å². The summed E-state index contributed by atoms with van der Waals surface area (Å²) >= 11 is 0. The van der Waals surface area contributed by atoms with Crippen LogP contribution in [0.4, 0.5) is 11.6 Å². The summed E-state index contributed by atoms with van der Waals surface area (Å²) in [5, 5.41) is 25.2. The number of benzene rings is 1. The molecule has 0 spiro atoms. The van der Waals surface area contributed by atoms with Gasteiger partial charge in [-0.15, -0.1) is 0 Å². The molecule has 0 aliphatic heterocycles. The lowest BCUT2D eigenvalue weighted by atomic mass is 10.2. The predicted octanol–water partition coefficient (Wildman–Crippen LogP) is 1.29. The molecule has 0 aliphatic carbocycles. The summed E-state index contributed by atoms with van der Waals surface area (Å²) < 4.78 is 0. The second kappa shape index (κ2) is 6.33. The Morgan fingerprint density at radius 3 is 2.71 bits per heavy atom. The van der Waals surface area contributed by atoms with Crippen LogP contribution in [0.1, 0.15) is 12.5 Å². The zero-order valence-electron chi connectivity index (χ0n) is 11.1. The first-order valence-electron chi connectivity index (χ1n) is 5.95. The molecule has 0 saturated heterocycles. The average molecular weight is 287 g/mol. The van der Waals surface area contributed by atoms with Crippen molar-refractivity contribution in [3.8, 4) is 11.5 Å².